The summed E-state index contributed by atoms with van der Waals surface area (Å²) in [6.07, 6.45) is 0. The highest BCUT2D eigenvalue weighted by atomic mass is 15.0. The Morgan fingerprint density at radius 3 is 0.961 bits per heavy atom. The van der Waals surface area contributed by atoms with Crippen molar-refractivity contribution in [1.82, 2.24) is 24.5 Å². The van der Waals surface area contributed by atoms with E-state index in [1.54, 1.807) is 0 Å². The zero-order valence-electron chi connectivity index (χ0n) is 41.7. The van der Waals surface area contributed by atoms with Gasteiger partial charge < -0.3 is 14.5 Å². The molecular weight excluding hydrogens is 935 g/mol. The van der Waals surface area contributed by atoms with E-state index in [0.29, 0.717) is 0 Å². The predicted molar refractivity (Wildman–Crippen MR) is 321 cm³/mol. The quantitative estimate of drug-likeness (QED) is 0.180. The summed E-state index contributed by atoms with van der Waals surface area (Å²) in [5.74, 6) is 0. The number of hydrogen-bond donors (Lipinski definition) is 2. The van der Waals surface area contributed by atoms with Crippen LogP contribution in [-0.4, -0.2) is 24.5 Å². The Hall–Kier alpha value is -10.4. The highest BCUT2D eigenvalue weighted by molar-refractivity contribution is 6.22. The lowest BCUT2D eigenvalue weighted by molar-refractivity contribution is 1.18. The van der Waals surface area contributed by atoms with E-state index in [4.69, 9.17) is 9.97 Å². The number of aromatic amines is 2. The van der Waals surface area contributed by atoms with Crippen LogP contribution in [0.4, 0.5) is 0 Å². The smallest absolute Gasteiger partial charge is 0.0816 e. The molecule has 358 valence electrons. The van der Waals surface area contributed by atoms with E-state index in [1.807, 2.05) is 0 Å². The van der Waals surface area contributed by atoms with Crippen molar-refractivity contribution < 1.29 is 0 Å². The molecule has 5 heteroatoms. The van der Waals surface area contributed by atoms with Crippen LogP contribution in [0.5, 0.6) is 0 Å². The molecule has 8 bridgehead atoms. The molecule has 2 N–H and O–H groups in total. The lowest BCUT2D eigenvalue weighted by Crippen LogP contribution is -1.93. The first-order valence-electron chi connectivity index (χ1n) is 26.3. The highest BCUT2D eigenvalue weighted by Gasteiger charge is 2.30. The molecule has 3 aromatic heterocycles. The van der Waals surface area contributed by atoms with Crippen molar-refractivity contribution >= 4 is 65.4 Å². The average molecular weight is 980 g/mol. The number of aromatic nitrogens is 5. The van der Waals surface area contributed by atoms with E-state index in [0.717, 1.165) is 155 Å². The SMILES string of the molecule is c1ccc(-c2c3nc(c(-c4ccccc4)c4[nH]c(c(-c5ccc6c(c5)c5ccccc5n6-c5ccccc5)c5nc(c(-c6ccccc6)c6[nH]c2c2ccccc62)-c2ccccc2-5)c2ccccc42)-c2ccccc2-3)cc1. The third-order valence-corrected chi connectivity index (χ3v) is 15.9. The molecule has 0 radical (unpaired) electrons. The van der Waals surface area contributed by atoms with Gasteiger partial charge in [-0.3, -0.25) is 0 Å². The lowest BCUT2D eigenvalue weighted by Gasteiger charge is -2.10. The van der Waals surface area contributed by atoms with Crippen LogP contribution in [-0.2, 0) is 0 Å². The number of rotatable bonds is 5. The largest absolute Gasteiger partial charge is 0.353 e. The molecule has 1 aliphatic carbocycles. The van der Waals surface area contributed by atoms with Gasteiger partial charge >= 0.3 is 0 Å². The highest BCUT2D eigenvalue weighted by Crippen LogP contribution is 2.52. The van der Waals surface area contributed by atoms with Crippen LogP contribution in [0.1, 0.15) is 0 Å². The van der Waals surface area contributed by atoms with Gasteiger partial charge in [0.1, 0.15) is 0 Å². The molecule has 3 aliphatic rings. The third-order valence-electron chi connectivity index (χ3n) is 15.9. The molecule has 2 aliphatic heterocycles. The van der Waals surface area contributed by atoms with Crippen LogP contribution in [0, 0.1) is 0 Å². The van der Waals surface area contributed by atoms with Crippen LogP contribution in [0.15, 0.2) is 261 Å². The van der Waals surface area contributed by atoms with Crippen molar-refractivity contribution in [3.63, 3.8) is 0 Å². The van der Waals surface area contributed by atoms with Crippen LogP contribution in [0.2, 0.25) is 0 Å². The summed E-state index contributed by atoms with van der Waals surface area (Å²) < 4.78 is 2.39. The number of nitrogens with zero attached hydrogens (tertiary/aromatic N) is 3. The second-order valence-corrected chi connectivity index (χ2v) is 20.1. The molecule has 0 spiro atoms. The third kappa shape index (κ3) is 6.54. The fraction of sp³-hybridized carbons (Fsp3) is 0. The first kappa shape index (κ1) is 43.1. The summed E-state index contributed by atoms with van der Waals surface area (Å²) in [6.45, 7) is 0. The van der Waals surface area contributed by atoms with Gasteiger partial charge in [0.15, 0.2) is 0 Å². The van der Waals surface area contributed by atoms with E-state index in [1.165, 1.54) is 5.39 Å². The molecule has 13 aromatic rings. The summed E-state index contributed by atoms with van der Waals surface area (Å²) in [5, 5.41) is 6.74. The number of fused-ring (bicyclic) bond motifs is 3. The number of H-pyrrole nitrogens is 2. The van der Waals surface area contributed by atoms with Crippen LogP contribution in [0.25, 0.3) is 161 Å². The van der Waals surface area contributed by atoms with Gasteiger partial charge in [0.25, 0.3) is 0 Å². The minimum atomic E-state index is 0.897. The first-order valence-corrected chi connectivity index (χ1v) is 26.3. The van der Waals surface area contributed by atoms with E-state index in [-0.39, 0.29) is 0 Å². The fourth-order valence-electron chi connectivity index (χ4n) is 12.6. The molecule has 0 unspecified atom stereocenters. The van der Waals surface area contributed by atoms with E-state index >= 15 is 0 Å². The maximum atomic E-state index is 6.08. The predicted octanol–water partition coefficient (Wildman–Crippen LogP) is 19.1. The van der Waals surface area contributed by atoms with Gasteiger partial charge in [-0.25, -0.2) is 9.97 Å². The van der Waals surface area contributed by atoms with Crippen molar-refractivity contribution in [3.8, 4) is 95.2 Å². The maximum Gasteiger partial charge on any atom is 0.0816 e. The summed E-state index contributed by atoms with van der Waals surface area (Å²) in [7, 11) is 0. The van der Waals surface area contributed by atoms with Crippen LogP contribution < -0.4 is 0 Å². The van der Waals surface area contributed by atoms with Gasteiger partial charge in [-0.2, -0.15) is 0 Å². The van der Waals surface area contributed by atoms with E-state index < -0.39 is 0 Å². The van der Waals surface area contributed by atoms with E-state index in [9.17, 15) is 0 Å². The Kier molecular flexibility index (Phi) is 9.57. The van der Waals surface area contributed by atoms with Gasteiger partial charge in [0.05, 0.1) is 55.9 Å². The second kappa shape index (κ2) is 17.1. The summed E-state index contributed by atoms with van der Waals surface area (Å²) >= 11 is 0. The zero-order valence-corrected chi connectivity index (χ0v) is 41.7. The van der Waals surface area contributed by atoms with Gasteiger partial charge in [-0.1, -0.05) is 231 Å². The molecule has 10 aromatic carbocycles. The van der Waals surface area contributed by atoms with Gasteiger partial charge in [0, 0.05) is 82.5 Å². The first-order chi connectivity index (χ1) is 38.2. The summed E-state index contributed by atoms with van der Waals surface area (Å²) in [5.41, 5.74) is 23.6. The number of para-hydroxylation sites is 2. The molecule has 0 amide bonds. The number of nitrogens with one attached hydrogen (secondary N) is 2. The Balaban J connectivity index is 1.19. The van der Waals surface area contributed by atoms with E-state index in [2.05, 4.69) is 275 Å². The average Bonchev–Trinajstić information content (AvgIpc) is 4.45. The minimum absolute atomic E-state index is 0.897. The number of benzene rings is 10. The molecule has 0 saturated heterocycles. The summed E-state index contributed by atoms with van der Waals surface area (Å²) in [6, 6.07) is 94.1. The molecule has 5 heterocycles. The van der Waals surface area contributed by atoms with Gasteiger partial charge in [-0.05, 0) is 52.6 Å². The number of hydrogen-bond acceptors (Lipinski definition) is 2. The Morgan fingerprint density at radius 2 is 0.558 bits per heavy atom. The normalized spacial score (nSPS) is 11.9. The lowest BCUT2D eigenvalue weighted by atomic mass is 9.93. The van der Waals surface area contributed by atoms with Crippen molar-refractivity contribution in [2.45, 2.75) is 0 Å². The topological polar surface area (TPSA) is 62.3 Å². The van der Waals surface area contributed by atoms with Crippen molar-refractivity contribution in [3.05, 3.63) is 261 Å². The minimum Gasteiger partial charge on any atom is -0.353 e. The molecular formula is C72H45N5. The summed E-state index contributed by atoms with van der Waals surface area (Å²) in [4.78, 5) is 20.5. The van der Waals surface area contributed by atoms with Crippen LogP contribution >= 0.6 is 0 Å². The molecule has 77 heavy (non-hydrogen) atoms. The molecule has 0 fully saturated rings. The molecule has 0 atom stereocenters. The van der Waals surface area contributed by atoms with Gasteiger partial charge in [0.2, 0.25) is 0 Å². The van der Waals surface area contributed by atoms with Crippen molar-refractivity contribution in [2.75, 3.05) is 0 Å². The monoisotopic (exact) mass is 979 g/mol. The van der Waals surface area contributed by atoms with Gasteiger partial charge in [-0.15, -0.1) is 0 Å². The fourth-order valence-corrected chi connectivity index (χ4v) is 12.6. The Labute approximate surface area is 443 Å². The standard InChI is InChI=1S/C72H45N5/c1-5-23-44(24-6-1)61-65-50-32-13-15-34-52(50)67(73-65)62(45-25-7-2-8-26-45)69-54-36-17-19-38-56(54)71(75-69)64(47-41-42-60-58(43-47)49-31-21-22-40-59(49)77(60)48-29-11-4-12-30-48)72-57-39-20-18-37-55(57)70(76-72)63(46-27-9-3-10-28-46)68-53-35-16-14-33-51(53)66(61)74-68/h1-43,73,76H. The van der Waals surface area contributed by atoms with Crippen LogP contribution in [0.3, 0.4) is 0 Å². The molecule has 5 nitrogen and oxygen atoms in total. The van der Waals surface area contributed by atoms with Crippen molar-refractivity contribution in [2.24, 2.45) is 0 Å². The molecule has 0 saturated carbocycles. The Bertz CT molecular complexity index is 4860. The zero-order chi connectivity index (χ0) is 50.6. The second-order valence-electron chi connectivity index (χ2n) is 20.1. The maximum absolute atomic E-state index is 6.08. The van der Waals surface area contributed by atoms with Crippen molar-refractivity contribution in [1.29, 1.82) is 0 Å². The molecule has 16 rings (SSSR count). The Morgan fingerprint density at radius 1 is 0.247 bits per heavy atom.